The number of aromatic nitrogens is 1. The zero-order valence-electron chi connectivity index (χ0n) is 11.4. The van der Waals surface area contributed by atoms with Crippen molar-refractivity contribution in [2.24, 2.45) is 0 Å². The van der Waals surface area contributed by atoms with E-state index in [1.54, 1.807) is 12.0 Å². The summed E-state index contributed by atoms with van der Waals surface area (Å²) in [6, 6.07) is 2.69. The monoisotopic (exact) mass is 283 g/mol. The summed E-state index contributed by atoms with van der Waals surface area (Å²) in [6.45, 7) is 1.25. The first kappa shape index (κ1) is 15.8. The Balaban J connectivity index is 2.83. The average molecular weight is 283 g/mol. The third-order valence-corrected chi connectivity index (χ3v) is 2.64. The van der Waals surface area contributed by atoms with Crippen molar-refractivity contribution >= 4 is 17.5 Å². The van der Waals surface area contributed by atoms with E-state index in [0.29, 0.717) is 25.5 Å². The molecule has 0 aliphatic heterocycles. The number of esters is 1. The molecule has 1 rings (SSSR count). The Hall–Kier alpha value is -2.22. The summed E-state index contributed by atoms with van der Waals surface area (Å²) < 4.78 is 9.56. The number of nitrogens with zero attached hydrogens (tertiary/aromatic N) is 3. The fourth-order valence-electron chi connectivity index (χ4n) is 1.56. The van der Waals surface area contributed by atoms with Crippen molar-refractivity contribution in [1.82, 2.24) is 4.98 Å². The van der Waals surface area contributed by atoms with Gasteiger partial charge >= 0.3 is 5.97 Å². The van der Waals surface area contributed by atoms with Gasteiger partial charge in [-0.1, -0.05) is 0 Å². The number of carbonyl (C=O) groups is 1. The third-order valence-electron chi connectivity index (χ3n) is 2.64. The first-order valence-corrected chi connectivity index (χ1v) is 5.99. The molecule has 1 heterocycles. The molecule has 0 unspecified atom stereocenters. The molecule has 0 aliphatic carbocycles. The number of methoxy groups -OCH3 is 2. The molecule has 0 N–H and O–H groups in total. The Labute approximate surface area is 116 Å². The number of ether oxygens (including phenoxy) is 2. The van der Waals surface area contributed by atoms with Gasteiger partial charge in [-0.25, -0.2) is 4.98 Å². The van der Waals surface area contributed by atoms with E-state index in [1.165, 1.54) is 25.4 Å². The van der Waals surface area contributed by atoms with Crippen molar-refractivity contribution in [3.8, 4) is 0 Å². The molecular weight excluding hydrogens is 266 g/mol. The molecule has 0 aliphatic rings. The van der Waals surface area contributed by atoms with Crippen molar-refractivity contribution in [2.75, 3.05) is 38.8 Å². The van der Waals surface area contributed by atoms with E-state index >= 15 is 0 Å². The number of carbonyl (C=O) groups excluding carboxylic acids is 1. The molecule has 1 aromatic rings. The smallest absolute Gasteiger partial charge is 0.307 e. The number of hydrogen-bond acceptors (Lipinski definition) is 7. The fraction of sp³-hybridized carbons (Fsp3) is 0.500. The van der Waals surface area contributed by atoms with E-state index in [1.807, 2.05) is 0 Å². The maximum absolute atomic E-state index is 11.2. The maximum atomic E-state index is 11.2. The van der Waals surface area contributed by atoms with E-state index in [4.69, 9.17) is 4.74 Å². The Morgan fingerprint density at radius 2 is 2.20 bits per heavy atom. The Bertz CT molecular complexity index is 466. The number of anilines is 1. The zero-order chi connectivity index (χ0) is 15.0. The van der Waals surface area contributed by atoms with Gasteiger partial charge in [0, 0.05) is 32.5 Å². The topological polar surface area (TPSA) is 94.8 Å². The van der Waals surface area contributed by atoms with Crippen LogP contribution in [0.3, 0.4) is 0 Å². The Kier molecular flexibility index (Phi) is 6.38. The van der Waals surface area contributed by atoms with Crippen LogP contribution in [-0.2, 0) is 14.3 Å². The van der Waals surface area contributed by atoms with Gasteiger partial charge in [0.15, 0.2) is 0 Å². The van der Waals surface area contributed by atoms with E-state index in [9.17, 15) is 14.9 Å². The lowest BCUT2D eigenvalue weighted by atomic mass is 10.3. The molecule has 0 bridgehead atoms. The van der Waals surface area contributed by atoms with Gasteiger partial charge in [0.1, 0.15) is 5.82 Å². The van der Waals surface area contributed by atoms with Gasteiger partial charge in [-0.2, -0.15) is 0 Å². The number of nitro groups is 1. The van der Waals surface area contributed by atoms with Crippen molar-refractivity contribution in [3.63, 3.8) is 0 Å². The standard InChI is InChI=1S/C12H17N3O5/c1-19-8-7-14(6-4-12(16)20-2)11-9-10(15(17)18)3-5-13-11/h3,5,9H,4,6-8H2,1-2H3. The van der Waals surface area contributed by atoms with Crippen LogP contribution in [0.1, 0.15) is 6.42 Å². The summed E-state index contributed by atoms with van der Waals surface area (Å²) in [6.07, 6.45) is 1.54. The van der Waals surface area contributed by atoms with Gasteiger partial charge in [-0.05, 0) is 0 Å². The summed E-state index contributed by atoms with van der Waals surface area (Å²) in [7, 11) is 2.87. The largest absolute Gasteiger partial charge is 0.469 e. The van der Waals surface area contributed by atoms with Gasteiger partial charge in [0.25, 0.3) is 5.69 Å². The molecule has 0 aromatic carbocycles. The van der Waals surface area contributed by atoms with Crippen LogP contribution in [-0.4, -0.2) is 49.8 Å². The van der Waals surface area contributed by atoms with Crippen molar-refractivity contribution in [1.29, 1.82) is 0 Å². The molecule has 0 amide bonds. The molecule has 0 saturated heterocycles. The lowest BCUT2D eigenvalue weighted by Gasteiger charge is -2.22. The predicted octanol–water partition coefficient (Wildman–Crippen LogP) is 1.01. The van der Waals surface area contributed by atoms with Crippen molar-refractivity contribution < 1.29 is 19.2 Å². The van der Waals surface area contributed by atoms with Crippen LogP contribution < -0.4 is 4.90 Å². The maximum Gasteiger partial charge on any atom is 0.307 e. The highest BCUT2D eigenvalue weighted by atomic mass is 16.6. The van der Waals surface area contributed by atoms with Crippen LogP contribution in [0.2, 0.25) is 0 Å². The SMILES string of the molecule is COCCN(CCC(=O)OC)c1cc([N+](=O)[O-])ccn1. The van der Waals surface area contributed by atoms with Crippen LogP contribution in [0.25, 0.3) is 0 Å². The van der Waals surface area contributed by atoms with Crippen molar-refractivity contribution in [3.05, 3.63) is 28.4 Å². The van der Waals surface area contributed by atoms with Gasteiger partial charge in [-0.15, -0.1) is 0 Å². The summed E-state index contributed by atoms with van der Waals surface area (Å²) in [5.74, 6) is 0.0815. The van der Waals surface area contributed by atoms with E-state index in [-0.39, 0.29) is 18.1 Å². The average Bonchev–Trinajstić information content (AvgIpc) is 2.47. The molecular formula is C12H17N3O5. The molecule has 8 heteroatoms. The summed E-state index contributed by atoms with van der Waals surface area (Å²) in [5, 5.41) is 10.8. The Morgan fingerprint density at radius 3 is 2.80 bits per heavy atom. The van der Waals surface area contributed by atoms with Crippen LogP contribution in [0.15, 0.2) is 18.3 Å². The minimum absolute atomic E-state index is 0.0458. The van der Waals surface area contributed by atoms with Crippen LogP contribution in [0.5, 0.6) is 0 Å². The molecule has 0 saturated carbocycles. The Morgan fingerprint density at radius 1 is 1.45 bits per heavy atom. The second-order valence-corrected chi connectivity index (χ2v) is 3.94. The van der Waals surface area contributed by atoms with Crippen molar-refractivity contribution in [2.45, 2.75) is 6.42 Å². The predicted molar refractivity (Wildman–Crippen MR) is 71.6 cm³/mol. The van der Waals surface area contributed by atoms with Crippen LogP contribution >= 0.6 is 0 Å². The lowest BCUT2D eigenvalue weighted by molar-refractivity contribution is -0.384. The first-order chi connectivity index (χ1) is 9.58. The molecule has 20 heavy (non-hydrogen) atoms. The highest BCUT2D eigenvalue weighted by Gasteiger charge is 2.14. The quantitative estimate of drug-likeness (QED) is 0.399. The number of hydrogen-bond donors (Lipinski definition) is 0. The normalized spacial score (nSPS) is 10.1. The zero-order valence-corrected chi connectivity index (χ0v) is 11.4. The molecule has 0 fully saturated rings. The number of pyridine rings is 1. The number of rotatable bonds is 8. The molecule has 0 atom stereocenters. The summed E-state index contributed by atoms with van der Waals surface area (Å²) in [4.78, 5) is 27.3. The highest BCUT2D eigenvalue weighted by molar-refractivity contribution is 5.70. The molecule has 0 radical (unpaired) electrons. The van der Waals surface area contributed by atoms with E-state index < -0.39 is 4.92 Å². The van der Waals surface area contributed by atoms with Crippen LogP contribution in [0, 0.1) is 10.1 Å². The second-order valence-electron chi connectivity index (χ2n) is 3.94. The molecule has 1 aromatic heterocycles. The molecule has 0 spiro atoms. The lowest BCUT2D eigenvalue weighted by Crippen LogP contribution is -2.30. The van der Waals surface area contributed by atoms with Gasteiger partial charge in [0.05, 0.1) is 31.1 Å². The third kappa shape index (κ3) is 4.81. The molecule has 8 nitrogen and oxygen atoms in total. The summed E-state index contributed by atoms with van der Waals surface area (Å²) >= 11 is 0. The minimum atomic E-state index is -0.486. The van der Waals surface area contributed by atoms with Gasteiger partial charge < -0.3 is 14.4 Å². The second kappa shape index (κ2) is 8.05. The highest BCUT2D eigenvalue weighted by Crippen LogP contribution is 2.18. The summed E-state index contributed by atoms with van der Waals surface area (Å²) in [5.41, 5.74) is -0.0458. The van der Waals surface area contributed by atoms with Gasteiger partial charge in [0.2, 0.25) is 0 Å². The minimum Gasteiger partial charge on any atom is -0.469 e. The van der Waals surface area contributed by atoms with E-state index in [0.717, 1.165) is 0 Å². The van der Waals surface area contributed by atoms with Crippen LogP contribution in [0.4, 0.5) is 11.5 Å². The van der Waals surface area contributed by atoms with Gasteiger partial charge in [-0.3, -0.25) is 14.9 Å². The first-order valence-electron chi connectivity index (χ1n) is 5.99. The molecule has 110 valence electrons. The fourth-order valence-corrected chi connectivity index (χ4v) is 1.56. The van der Waals surface area contributed by atoms with E-state index in [2.05, 4.69) is 9.72 Å².